The van der Waals surface area contributed by atoms with Crippen LogP contribution < -0.4 is 5.32 Å². The Morgan fingerprint density at radius 1 is 1.38 bits per heavy atom. The molecule has 0 aromatic carbocycles. The molecule has 0 radical (unpaired) electrons. The zero-order chi connectivity index (χ0) is 9.52. The van der Waals surface area contributed by atoms with Gasteiger partial charge in [-0.3, -0.25) is 4.98 Å². The summed E-state index contributed by atoms with van der Waals surface area (Å²) < 4.78 is 0. The Morgan fingerprint density at radius 2 is 2.23 bits per heavy atom. The zero-order valence-electron chi connectivity index (χ0n) is 8.51. The molecule has 1 N–H and O–H groups in total. The lowest BCUT2D eigenvalue weighted by atomic mass is 10.1. The van der Waals surface area contributed by atoms with Crippen molar-refractivity contribution in [3.8, 4) is 0 Å². The first-order chi connectivity index (χ1) is 6.36. The van der Waals surface area contributed by atoms with Gasteiger partial charge in [-0.15, -0.1) is 0 Å². The molecule has 1 aromatic heterocycles. The fraction of sp³-hybridized carbons (Fsp3) is 0.545. The molecule has 0 spiro atoms. The largest absolute Gasteiger partial charge is 0.320 e. The summed E-state index contributed by atoms with van der Waals surface area (Å²) in [6.45, 7) is 3.22. The molecule has 0 saturated carbocycles. The first-order valence-electron chi connectivity index (χ1n) is 4.95. The number of nitrogens with one attached hydrogen (secondary N) is 1. The molecule has 0 fully saturated rings. The van der Waals surface area contributed by atoms with E-state index in [1.807, 2.05) is 13.2 Å². The van der Waals surface area contributed by atoms with Crippen LogP contribution in [0.5, 0.6) is 0 Å². The molecule has 72 valence electrons. The van der Waals surface area contributed by atoms with Crippen LogP contribution in [0, 0.1) is 0 Å². The van der Waals surface area contributed by atoms with Crippen molar-refractivity contribution in [3.63, 3.8) is 0 Å². The standard InChI is InChI=1S/C11H18N2/c1-3-10-6-7-11(13-9-10)5-4-8-12-2/h6-7,9,12H,3-5,8H2,1-2H3. The SMILES string of the molecule is CCc1ccc(CCCNC)nc1. The fourth-order valence-electron chi connectivity index (χ4n) is 1.26. The maximum absolute atomic E-state index is 4.39. The van der Waals surface area contributed by atoms with Gasteiger partial charge in [-0.05, 0) is 44.5 Å². The summed E-state index contributed by atoms with van der Waals surface area (Å²) in [7, 11) is 1.98. The van der Waals surface area contributed by atoms with Crippen LogP contribution in [0.4, 0.5) is 0 Å². The molecule has 1 rings (SSSR count). The van der Waals surface area contributed by atoms with E-state index in [9.17, 15) is 0 Å². The van der Waals surface area contributed by atoms with E-state index in [1.165, 1.54) is 11.3 Å². The molecule has 1 heterocycles. The van der Waals surface area contributed by atoms with Gasteiger partial charge >= 0.3 is 0 Å². The van der Waals surface area contributed by atoms with E-state index >= 15 is 0 Å². The van der Waals surface area contributed by atoms with Crippen LogP contribution in [0.15, 0.2) is 18.3 Å². The highest BCUT2D eigenvalue weighted by atomic mass is 14.8. The van der Waals surface area contributed by atoms with Gasteiger partial charge in [0.25, 0.3) is 0 Å². The van der Waals surface area contributed by atoms with Crippen molar-refractivity contribution in [2.75, 3.05) is 13.6 Å². The molecular formula is C11H18N2. The lowest BCUT2D eigenvalue weighted by Gasteiger charge is -2.01. The topological polar surface area (TPSA) is 24.9 Å². The maximum atomic E-state index is 4.39. The average molecular weight is 178 g/mol. The Hall–Kier alpha value is -0.890. The Kier molecular flexibility index (Phi) is 4.47. The van der Waals surface area contributed by atoms with Crippen molar-refractivity contribution in [3.05, 3.63) is 29.6 Å². The van der Waals surface area contributed by atoms with Gasteiger partial charge in [-0.1, -0.05) is 13.0 Å². The molecule has 0 saturated heterocycles. The van der Waals surface area contributed by atoms with E-state index in [0.717, 1.165) is 25.8 Å². The van der Waals surface area contributed by atoms with Crippen molar-refractivity contribution in [1.82, 2.24) is 10.3 Å². The van der Waals surface area contributed by atoms with Crippen molar-refractivity contribution in [1.29, 1.82) is 0 Å². The third-order valence-corrected chi connectivity index (χ3v) is 2.15. The number of hydrogen-bond acceptors (Lipinski definition) is 2. The minimum absolute atomic E-state index is 1.07. The summed E-state index contributed by atoms with van der Waals surface area (Å²) in [4.78, 5) is 4.39. The number of nitrogens with zero attached hydrogens (tertiary/aromatic N) is 1. The minimum Gasteiger partial charge on any atom is -0.320 e. The van der Waals surface area contributed by atoms with Gasteiger partial charge in [0, 0.05) is 11.9 Å². The van der Waals surface area contributed by atoms with Gasteiger partial charge in [-0.25, -0.2) is 0 Å². The molecule has 0 unspecified atom stereocenters. The second kappa shape index (κ2) is 5.70. The van der Waals surface area contributed by atoms with Crippen LogP contribution in [0.25, 0.3) is 0 Å². The second-order valence-corrected chi connectivity index (χ2v) is 3.22. The zero-order valence-corrected chi connectivity index (χ0v) is 8.51. The normalized spacial score (nSPS) is 10.3. The predicted molar refractivity (Wildman–Crippen MR) is 55.9 cm³/mol. The van der Waals surface area contributed by atoms with E-state index in [2.05, 4.69) is 29.4 Å². The molecule has 0 aliphatic heterocycles. The van der Waals surface area contributed by atoms with Gasteiger partial charge in [0.05, 0.1) is 0 Å². The summed E-state index contributed by atoms with van der Waals surface area (Å²) in [6.07, 6.45) is 5.29. The Labute approximate surface area is 80.4 Å². The molecule has 0 atom stereocenters. The molecule has 2 nitrogen and oxygen atoms in total. The van der Waals surface area contributed by atoms with Crippen molar-refractivity contribution >= 4 is 0 Å². The smallest absolute Gasteiger partial charge is 0.0404 e. The highest BCUT2D eigenvalue weighted by Gasteiger charge is 1.94. The molecule has 1 aromatic rings. The molecule has 0 amide bonds. The van der Waals surface area contributed by atoms with Gasteiger partial charge in [0.2, 0.25) is 0 Å². The van der Waals surface area contributed by atoms with Crippen LogP contribution in [0.3, 0.4) is 0 Å². The number of rotatable bonds is 5. The van der Waals surface area contributed by atoms with E-state index in [-0.39, 0.29) is 0 Å². The lowest BCUT2D eigenvalue weighted by molar-refractivity contribution is 0.715. The van der Waals surface area contributed by atoms with Crippen LogP contribution in [-0.4, -0.2) is 18.6 Å². The number of aromatic nitrogens is 1. The van der Waals surface area contributed by atoms with E-state index < -0.39 is 0 Å². The molecular weight excluding hydrogens is 160 g/mol. The number of aryl methyl sites for hydroxylation is 2. The molecule has 13 heavy (non-hydrogen) atoms. The van der Waals surface area contributed by atoms with Crippen LogP contribution in [-0.2, 0) is 12.8 Å². The Bertz CT molecular complexity index is 228. The third-order valence-electron chi connectivity index (χ3n) is 2.15. The predicted octanol–water partition coefficient (Wildman–Crippen LogP) is 1.80. The maximum Gasteiger partial charge on any atom is 0.0404 e. The van der Waals surface area contributed by atoms with Gasteiger partial charge in [0.1, 0.15) is 0 Å². The van der Waals surface area contributed by atoms with Gasteiger partial charge < -0.3 is 5.32 Å². The van der Waals surface area contributed by atoms with Crippen molar-refractivity contribution in [2.24, 2.45) is 0 Å². The lowest BCUT2D eigenvalue weighted by Crippen LogP contribution is -2.08. The summed E-state index contributed by atoms with van der Waals surface area (Å²) in [6, 6.07) is 4.30. The molecule has 0 bridgehead atoms. The third kappa shape index (κ3) is 3.55. The van der Waals surface area contributed by atoms with Crippen molar-refractivity contribution in [2.45, 2.75) is 26.2 Å². The summed E-state index contributed by atoms with van der Waals surface area (Å²) in [5.74, 6) is 0. The van der Waals surface area contributed by atoms with Crippen LogP contribution in [0.2, 0.25) is 0 Å². The summed E-state index contributed by atoms with van der Waals surface area (Å²) in [5.41, 5.74) is 2.52. The highest BCUT2D eigenvalue weighted by Crippen LogP contribution is 2.02. The summed E-state index contributed by atoms with van der Waals surface area (Å²) >= 11 is 0. The molecule has 0 aliphatic carbocycles. The average Bonchev–Trinajstić information content (AvgIpc) is 2.19. The van der Waals surface area contributed by atoms with Gasteiger partial charge in [-0.2, -0.15) is 0 Å². The second-order valence-electron chi connectivity index (χ2n) is 3.22. The van der Waals surface area contributed by atoms with Crippen LogP contribution >= 0.6 is 0 Å². The molecule has 0 aliphatic rings. The van der Waals surface area contributed by atoms with Crippen molar-refractivity contribution < 1.29 is 0 Å². The number of pyridine rings is 1. The fourth-order valence-corrected chi connectivity index (χ4v) is 1.26. The number of hydrogen-bond donors (Lipinski definition) is 1. The van der Waals surface area contributed by atoms with E-state index in [4.69, 9.17) is 0 Å². The van der Waals surface area contributed by atoms with E-state index in [0.29, 0.717) is 0 Å². The monoisotopic (exact) mass is 178 g/mol. The van der Waals surface area contributed by atoms with Crippen LogP contribution in [0.1, 0.15) is 24.6 Å². The Morgan fingerprint density at radius 3 is 2.77 bits per heavy atom. The summed E-state index contributed by atoms with van der Waals surface area (Å²) in [5, 5.41) is 3.13. The van der Waals surface area contributed by atoms with Gasteiger partial charge in [0.15, 0.2) is 0 Å². The highest BCUT2D eigenvalue weighted by molar-refractivity contribution is 5.13. The minimum atomic E-state index is 1.07. The molecule has 2 heteroatoms. The quantitative estimate of drug-likeness (QED) is 0.695. The first-order valence-corrected chi connectivity index (χ1v) is 4.95. The van der Waals surface area contributed by atoms with E-state index in [1.54, 1.807) is 0 Å². The first kappa shape index (κ1) is 10.2. The Balaban J connectivity index is 2.40.